The third-order valence-corrected chi connectivity index (χ3v) is 6.59. The van der Waals surface area contributed by atoms with Gasteiger partial charge in [0, 0.05) is 18.1 Å². The summed E-state index contributed by atoms with van der Waals surface area (Å²) in [4.78, 5) is 29.8. The largest absolute Gasteiger partial charge is 0.360 e. The molecule has 1 atom stereocenters. The molecule has 2 aromatic carbocycles. The molecule has 1 unspecified atom stereocenters. The molecule has 3 N–H and O–H groups in total. The molecule has 0 spiro atoms. The molecule has 2 amide bonds. The van der Waals surface area contributed by atoms with Gasteiger partial charge < -0.3 is 16.0 Å². The first kappa shape index (κ1) is 23.7. The minimum atomic E-state index is -0.658. The number of hydrogen-bond donors (Lipinski definition) is 3. The van der Waals surface area contributed by atoms with E-state index in [9.17, 15) is 9.59 Å². The maximum absolute atomic E-state index is 12.7. The van der Waals surface area contributed by atoms with E-state index >= 15 is 0 Å². The number of hydrogen-bond acceptors (Lipinski definition) is 6. The van der Waals surface area contributed by atoms with Crippen LogP contribution in [0.15, 0.2) is 42.5 Å². The number of amides is 2. The number of nitrogens with one attached hydrogen (secondary N) is 3. The van der Waals surface area contributed by atoms with E-state index in [4.69, 9.17) is 23.2 Å². The van der Waals surface area contributed by atoms with Gasteiger partial charge in [-0.1, -0.05) is 46.7 Å². The number of para-hydroxylation sites is 1. The smallest absolute Gasteiger partial charge is 0.253 e. The Morgan fingerprint density at radius 2 is 1.97 bits per heavy atom. The Bertz CT molecular complexity index is 1030. The van der Waals surface area contributed by atoms with Crippen LogP contribution in [0.5, 0.6) is 0 Å². The number of anilines is 1. The van der Waals surface area contributed by atoms with Gasteiger partial charge in [-0.25, -0.2) is 4.98 Å². The lowest BCUT2D eigenvalue weighted by Crippen LogP contribution is -2.48. The van der Waals surface area contributed by atoms with E-state index in [-0.39, 0.29) is 16.5 Å². The van der Waals surface area contributed by atoms with Gasteiger partial charge in [-0.05, 0) is 48.8 Å². The summed E-state index contributed by atoms with van der Waals surface area (Å²) in [6.45, 7) is 0.930. The predicted octanol–water partition coefficient (Wildman–Crippen LogP) is 4.68. The zero-order chi connectivity index (χ0) is 22.2. The highest BCUT2D eigenvalue weighted by molar-refractivity contribution is 7.98. The summed E-state index contributed by atoms with van der Waals surface area (Å²) in [5.74, 6) is 0.0885. The molecule has 1 heterocycles. The lowest BCUT2D eigenvalue weighted by molar-refractivity contribution is -0.122. The molecule has 0 radical (unpaired) electrons. The number of halogens is 2. The fourth-order valence-electron chi connectivity index (χ4n) is 2.84. The number of rotatable bonds is 10. The molecule has 10 heteroatoms. The Labute approximate surface area is 199 Å². The van der Waals surface area contributed by atoms with Gasteiger partial charge in [-0.3, -0.25) is 9.59 Å². The summed E-state index contributed by atoms with van der Waals surface area (Å²) >= 11 is 15.2. The number of benzene rings is 2. The molecule has 0 fully saturated rings. The second-order valence-corrected chi connectivity index (χ2v) is 9.50. The fraction of sp³-hybridized carbons (Fsp3) is 0.286. The van der Waals surface area contributed by atoms with Crippen LogP contribution in [0.2, 0.25) is 10.0 Å². The summed E-state index contributed by atoms with van der Waals surface area (Å²) < 4.78 is 1.11. The molecule has 0 aliphatic carbocycles. The third-order valence-electron chi connectivity index (χ3n) is 4.40. The Morgan fingerprint density at radius 3 is 2.71 bits per heavy atom. The number of aromatic nitrogens is 1. The molecule has 0 aliphatic heterocycles. The molecular formula is C21H22Cl2N4O2S2. The molecule has 31 heavy (non-hydrogen) atoms. The van der Waals surface area contributed by atoms with Crippen LogP contribution in [0.1, 0.15) is 16.8 Å². The normalized spacial score (nSPS) is 11.8. The molecule has 6 nitrogen and oxygen atoms in total. The first-order chi connectivity index (χ1) is 15.0. The van der Waals surface area contributed by atoms with E-state index in [1.165, 1.54) is 6.07 Å². The highest BCUT2D eigenvalue weighted by Crippen LogP contribution is 2.25. The van der Waals surface area contributed by atoms with E-state index in [1.54, 1.807) is 35.2 Å². The van der Waals surface area contributed by atoms with Gasteiger partial charge in [0.2, 0.25) is 5.91 Å². The third kappa shape index (κ3) is 6.74. The number of thioether (sulfide) groups is 1. The van der Waals surface area contributed by atoms with Crippen LogP contribution in [-0.4, -0.2) is 47.9 Å². The van der Waals surface area contributed by atoms with E-state index in [1.807, 2.05) is 30.5 Å². The summed E-state index contributed by atoms with van der Waals surface area (Å²) in [5.41, 5.74) is 1.23. The van der Waals surface area contributed by atoms with Gasteiger partial charge in [-0.15, -0.1) is 0 Å². The minimum Gasteiger partial charge on any atom is -0.360 e. The fourth-order valence-corrected chi connectivity index (χ4v) is 4.70. The lowest BCUT2D eigenvalue weighted by atomic mass is 10.1. The SMILES string of the molecule is CSCCC(NC(=O)c1ccc(Cl)cc1Cl)C(=O)NCCNc1nc2ccccc2s1. The monoisotopic (exact) mass is 496 g/mol. The van der Waals surface area contributed by atoms with Crippen molar-refractivity contribution in [3.8, 4) is 0 Å². The van der Waals surface area contributed by atoms with Crippen molar-refractivity contribution >= 4 is 73.5 Å². The Balaban J connectivity index is 1.53. The van der Waals surface area contributed by atoms with Gasteiger partial charge in [0.05, 0.1) is 20.8 Å². The zero-order valence-electron chi connectivity index (χ0n) is 16.8. The average Bonchev–Trinajstić information content (AvgIpc) is 3.16. The highest BCUT2D eigenvalue weighted by atomic mass is 35.5. The van der Waals surface area contributed by atoms with Crippen LogP contribution in [0.4, 0.5) is 5.13 Å². The van der Waals surface area contributed by atoms with Crippen molar-refractivity contribution in [2.75, 3.05) is 30.4 Å². The van der Waals surface area contributed by atoms with E-state index in [2.05, 4.69) is 20.9 Å². The molecule has 0 bridgehead atoms. The summed E-state index contributed by atoms with van der Waals surface area (Å²) in [6.07, 6.45) is 2.46. The molecule has 1 aromatic heterocycles. The topological polar surface area (TPSA) is 83.1 Å². The van der Waals surface area contributed by atoms with Gasteiger partial charge in [0.25, 0.3) is 5.91 Å². The molecule has 0 saturated carbocycles. The molecule has 0 aliphatic rings. The van der Waals surface area contributed by atoms with Crippen LogP contribution in [0, 0.1) is 0 Å². The highest BCUT2D eigenvalue weighted by Gasteiger charge is 2.22. The quantitative estimate of drug-likeness (QED) is 0.354. The van der Waals surface area contributed by atoms with Crippen molar-refractivity contribution in [3.63, 3.8) is 0 Å². The maximum Gasteiger partial charge on any atom is 0.253 e. The van der Waals surface area contributed by atoms with Crippen molar-refractivity contribution in [2.24, 2.45) is 0 Å². The minimum absolute atomic E-state index is 0.237. The standard InChI is InChI=1S/C21H22Cl2N4O2S2/c1-30-11-8-17(26-19(28)14-7-6-13(22)12-15(14)23)20(29)24-9-10-25-21-27-16-4-2-3-5-18(16)31-21/h2-7,12,17H,8-11H2,1H3,(H,24,29)(H,25,27)(H,26,28). The van der Waals surface area contributed by atoms with Gasteiger partial charge in [0.1, 0.15) is 6.04 Å². The Morgan fingerprint density at radius 1 is 1.16 bits per heavy atom. The molecule has 3 aromatic rings. The second-order valence-electron chi connectivity index (χ2n) is 6.64. The van der Waals surface area contributed by atoms with Crippen LogP contribution < -0.4 is 16.0 Å². The Hall–Kier alpha value is -2.00. The number of nitrogens with zero attached hydrogens (tertiary/aromatic N) is 1. The number of fused-ring (bicyclic) bond motifs is 1. The number of carbonyl (C=O) groups excluding carboxylic acids is 2. The number of carbonyl (C=O) groups is 2. The van der Waals surface area contributed by atoms with Gasteiger partial charge in [0.15, 0.2) is 5.13 Å². The maximum atomic E-state index is 12.7. The lowest BCUT2D eigenvalue weighted by Gasteiger charge is -2.18. The average molecular weight is 497 g/mol. The van der Waals surface area contributed by atoms with Crippen molar-refractivity contribution in [1.82, 2.24) is 15.6 Å². The van der Waals surface area contributed by atoms with Crippen molar-refractivity contribution in [1.29, 1.82) is 0 Å². The van der Waals surface area contributed by atoms with Crippen LogP contribution in [-0.2, 0) is 4.79 Å². The second kappa shape index (κ2) is 11.6. The first-order valence-electron chi connectivity index (χ1n) is 9.60. The van der Waals surface area contributed by atoms with Crippen molar-refractivity contribution < 1.29 is 9.59 Å². The summed E-state index contributed by atoms with van der Waals surface area (Å²) in [6, 6.07) is 11.9. The van der Waals surface area contributed by atoms with E-state index in [0.717, 1.165) is 21.1 Å². The number of thiazole rings is 1. The van der Waals surface area contributed by atoms with Crippen LogP contribution >= 0.6 is 46.3 Å². The summed E-state index contributed by atoms with van der Waals surface area (Å²) in [7, 11) is 0. The zero-order valence-corrected chi connectivity index (χ0v) is 19.9. The van der Waals surface area contributed by atoms with Crippen LogP contribution in [0.25, 0.3) is 10.2 Å². The molecule has 0 saturated heterocycles. The summed E-state index contributed by atoms with van der Waals surface area (Å²) in [5, 5.41) is 10.4. The van der Waals surface area contributed by atoms with E-state index < -0.39 is 11.9 Å². The molecular weight excluding hydrogens is 475 g/mol. The van der Waals surface area contributed by atoms with Crippen LogP contribution in [0.3, 0.4) is 0 Å². The van der Waals surface area contributed by atoms with Gasteiger partial charge in [-0.2, -0.15) is 11.8 Å². The van der Waals surface area contributed by atoms with Crippen molar-refractivity contribution in [2.45, 2.75) is 12.5 Å². The van der Waals surface area contributed by atoms with Crippen molar-refractivity contribution in [3.05, 3.63) is 58.1 Å². The van der Waals surface area contributed by atoms with E-state index in [0.29, 0.717) is 24.5 Å². The predicted molar refractivity (Wildman–Crippen MR) is 132 cm³/mol. The first-order valence-corrected chi connectivity index (χ1v) is 12.6. The molecule has 3 rings (SSSR count). The molecule has 164 valence electrons. The Kier molecular flexibility index (Phi) is 8.83. The van der Waals surface area contributed by atoms with Gasteiger partial charge >= 0.3 is 0 Å².